The molecule has 30 heavy (non-hydrogen) atoms. The van der Waals surface area contributed by atoms with Gasteiger partial charge >= 0.3 is 0 Å². The highest BCUT2D eigenvalue weighted by molar-refractivity contribution is 5.90. The van der Waals surface area contributed by atoms with Gasteiger partial charge in [0.2, 0.25) is 0 Å². The monoisotopic (exact) mass is 402 g/mol. The standard InChI is InChI=1S/C24H26N4O2/c1-27-16-22(24(25-27)19-5-3-2-4-6-19)12-14-28-13-11-20-15-18(7-9-21(20)17-28)8-10-23(29)26-30/h2-10,15-16,30H,11-14,17H2,1H3,(H,26,29). The first-order chi connectivity index (χ1) is 14.6. The number of fused-ring (bicyclic) bond motifs is 1. The summed E-state index contributed by atoms with van der Waals surface area (Å²) in [7, 11) is 1.98. The molecule has 3 aromatic rings. The maximum atomic E-state index is 11.2. The number of aromatic nitrogens is 2. The van der Waals surface area contributed by atoms with Gasteiger partial charge in [-0.1, -0.05) is 48.5 Å². The van der Waals surface area contributed by atoms with E-state index in [1.54, 1.807) is 11.6 Å². The minimum atomic E-state index is -0.524. The van der Waals surface area contributed by atoms with Gasteiger partial charge < -0.3 is 0 Å². The number of aryl methyl sites for hydroxylation is 1. The lowest BCUT2D eigenvalue weighted by Crippen LogP contribution is -2.32. The number of carbonyl (C=O) groups excluding carboxylic acids is 1. The minimum Gasteiger partial charge on any atom is -0.298 e. The number of hydrogen-bond donors (Lipinski definition) is 2. The molecule has 1 amide bonds. The average molecular weight is 402 g/mol. The van der Waals surface area contributed by atoms with E-state index in [2.05, 4.69) is 52.6 Å². The Hall–Kier alpha value is -3.22. The van der Waals surface area contributed by atoms with E-state index in [0.717, 1.165) is 49.3 Å². The summed E-state index contributed by atoms with van der Waals surface area (Å²) in [4.78, 5) is 13.6. The van der Waals surface area contributed by atoms with Crippen molar-refractivity contribution >= 4 is 12.0 Å². The summed E-state index contributed by atoms with van der Waals surface area (Å²) in [6.07, 6.45) is 7.12. The first kappa shape index (κ1) is 20.1. The van der Waals surface area contributed by atoms with Crippen LogP contribution in [0.3, 0.4) is 0 Å². The van der Waals surface area contributed by atoms with Gasteiger partial charge in [-0.3, -0.25) is 19.6 Å². The van der Waals surface area contributed by atoms with Gasteiger partial charge in [0.1, 0.15) is 0 Å². The van der Waals surface area contributed by atoms with Crippen molar-refractivity contribution in [2.75, 3.05) is 13.1 Å². The fraction of sp³-hybridized carbons (Fsp3) is 0.250. The smallest absolute Gasteiger partial charge is 0.267 e. The van der Waals surface area contributed by atoms with Gasteiger partial charge in [-0.15, -0.1) is 0 Å². The summed E-state index contributed by atoms with van der Waals surface area (Å²) in [5.74, 6) is -0.524. The maximum Gasteiger partial charge on any atom is 0.267 e. The Morgan fingerprint density at radius 3 is 2.83 bits per heavy atom. The molecule has 6 nitrogen and oxygen atoms in total. The average Bonchev–Trinajstić information content (AvgIpc) is 3.16. The van der Waals surface area contributed by atoms with Crippen LogP contribution in [0.1, 0.15) is 22.3 Å². The lowest BCUT2D eigenvalue weighted by atomic mass is 9.96. The molecule has 0 spiro atoms. The van der Waals surface area contributed by atoms with Crippen LogP contribution in [-0.2, 0) is 31.2 Å². The highest BCUT2D eigenvalue weighted by atomic mass is 16.5. The molecule has 0 atom stereocenters. The van der Waals surface area contributed by atoms with Crippen LogP contribution in [0, 0.1) is 0 Å². The van der Waals surface area contributed by atoms with E-state index in [1.165, 1.54) is 22.8 Å². The maximum absolute atomic E-state index is 11.2. The van der Waals surface area contributed by atoms with E-state index in [-0.39, 0.29) is 0 Å². The fourth-order valence-corrected chi connectivity index (χ4v) is 3.97. The number of benzene rings is 2. The Kier molecular flexibility index (Phi) is 6.07. The molecule has 0 saturated heterocycles. The van der Waals surface area contributed by atoms with Gasteiger partial charge in [-0.25, -0.2) is 5.48 Å². The summed E-state index contributed by atoms with van der Waals surface area (Å²) >= 11 is 0. The van der Waals surface area contributed by atoms with Crippen LogP contribution < -0.4 is 5.48 Å². The van der Waals surface area contributed by atoms with Gasteiger partial charge in [0.15, 0.2) is 0 Å². The highest BCUT2D eigenvalue weighted by Gasteiger charge is 2.17. The van der Waals surface area contributed by atoms with E-state index >= 15 is 0 Å². The summed E-state index contributed by atoms with van der Waals surface area (Å²) in [5, 5.41) is 13.3. The van der Waals surface area contributed by atoms with Crippen LogP contribution in [0.4, 0.5) is 0 Å². The molecular weight excluding hydrogens is 376 g/mol. The summed E-state index contributed by atoms with van der Waals surface area (Å²) in [6, 6.07) is 16.6. The molecule has 1 aromatic heterocycles. The number of amides is 1. The second-order valence-corrected chi connectivity index (χ2v) is 7.66. The highest BCUT2D eigenvalue weighted by Crippen LogP contribution is 2.24. The van der Waals surface area contributed by atoms with Crippen molar-refractivity contribution in [2.45, 2.75) is 19.4 Å². The van der Waals surface area contributed by atoms with Crippen molar-refractivity contribution in [3.63, 3.8) is 0 Å². The lowest BCUT2D eigenvalue weighted by molar-refractivity contribution is -0.124. The first-order valence-corrected chi connectivity index (χ1v) is 10.2. The quantitative estimate of drug-likeness (QED) is 0.377. The number of carbonyl (C=O) groups is 1. The van der Waals surface area contributed by atoms with E-state index in [9.17, 15) is 4.79 Å². The zero-order valence-electron chi connectivity index (χ0n) is 17.1. The van der Waals surface area contributed by atoms with E-state index in [4.69, 9.17) is 5.21 Å². The Morgan fingerprint density at radius 2 is 2.03 bits per heavy atom. The minimum absolute atomic E-state index is 0.524. The molecule has 6 heteroatoms. The van der Waals surface area contributed by atoms with Gasteiger partial charge in [0, 0.05) is 44.5 Å². The molecule has 4 rings (SSSR count). The largest absolute Gasteiger partial charge is 0.298 e. The molecular formula is C24H26N4O2. The second kappa shape index (κ2) is 9.07. The van der Waals surface area contributed by atoms with Crippen LogP contribution in [-0.4, -0.2) is 38.9 Å². The molecule has 0 saturated carbocycles. The molecule has 1 aliphatic rings. The first-order valence-electron chi connectivity index (χ1n) is 10.2. The third-order valence-corrected chi connectivity index (χ3v) is 5.51. The molecule has 0 aliphatic carbocycles. The van der Waals surface area contributed by atoms with Crippen molar-refractivity contribution < 1.29 is 10.0 Å². The molecule has 2 heterocycles. The van der Waals surface area contributed by atoms with Crippen molar-refractivity contribution in [1.29, 1.82) is 0 Å². The molecule has 1 aliphatic heterocycles. The normalized spacial score (nSPS) is 14.1. The van der Waals surface area contributed by atoms with Crippen LogP contribution in [0.2, 0.25) is 0 Å². The zero-order chi connectivity index (χ0) is 20.9. The predicted molar refractivity (Wildman–Crippen MR) is 117 cm³/mol. The Morgan fingerprint density at radius 1 is 1.20 bits per heavy atom. The van der Waals surface area contributed by atoms with Gasteiger partial charge in [-0.2, -0.15) is 5.10 Å². The van der Waals surface area contributed by atoms with Crippen LogP contribution in [0.25, 0.3) is 17.3 Å². The second-order valence-electron chi connectivity index (χ2n) is 7.66. The molecule has 2 aromatic carbocycles. The SMILES string of the molecule is Cn1cc(CCN2CCc3cc(C=CC(=O)NO)ccc3C2)c(-c2ccccc2)n1. The van der Waals surface area contributed by atoms with Crippen LogP contribution in [0.5, 0.6) is 0 Å². The third-order valence-electron chi connectivity index (χ3n) is 5.51. The van der Waals surface area contributed by atoms with Crippen molar-refractivity contribution in [1.82, 2.24) is 20.2 Å². The van der Waals surface area contributed by atoms with Crippen molar-refractivity contribution in [3.05, 3.63) is 83.1 Å². The molecule has 2 N–H and O–H groups in total. The Bertz CT molecular complexity index is 1060. The lowest BCUT2D eigenvalue weighted by Gasteiger charge is -2.29. The topological polar surface area (TPSA) is 70.4 Å². The molecule has 154 valence electrons. The third kappa shape index (κ3) is 4.67. The van der Waals surface area contributed by atoms with Crippen LogP contribution in [0.15, 0.2) is 60.8 Å². The number of hydrogen-bond acceptors (Lipinski definition) is 4. The summed E-state index contributed by atoms with van der Waals surface area (Å²) in [6.45, 7) is 2.93. The van der Waals surface area contributed by atoms with E-state index in [1.807, 2.05) is 23.9 Å². The van der Waals surface area contributed by atoms with E-state index < -0.39 is 5.91 Å². The van der Waals surface area contributed by atoms with Crippen molar-refractivity contribution in [3.8, 4) is 11.3 Å². The Balaban J connectivity index is 1.41. The Labute approximate surface area is 176 Å². The zero-order valence-corrected chi connectivity index (χ0v) is 17.1. The molecule has 0 bridgehead atoms. The van der Waals surface area contributed by atoms with E-state index in [0.29, 0.717) is 0 Å². The molecule has 0 radical (unpaired) electrons. The van der Waals surface area contributed by atoms with Crippen molar-refractivity contribution in [2.24, 2.45) is 7.05 Å². The number of hydroxylamine groups is 1. The summed E-state index contributed by atoms with van der Waals surface area (Å²) in [5.41, 5.74) is 8.73. The number of rotatable bonds is 6. The fourth-order valence-electron chi connectivity index (χ4n) is 3.97. The predicted octanol–water partition coefficient (Wildman–Crippen LogP) is 3.21. The summed E-state index contributed by atoms with van der Waals surface area (Å²) < 4.78 is 1.90. The van der Waals surface area contributed by atoms with Gasteiger partial charge in [0.05, 0.1) is 5.69 Å². The molecule has 0 fully saturated rings. The molecule has 0 unspecified atom stereocenters. The van der Waals surface area contributed by atoms with Crippen LogP contribution >= 0.6 is 0 Å². The van der Waals surface area contributed by atoms with Gasteiger partial charge in [0.25, 0.3) is 5.91 Å². The number of nitrogens with one attached hydrogen (secondary N) is 1. The number of nitrogens with zero attached hydrogens (tertiary/aromatic N) is 3. The van der Waals surface area contributed by atoms with Gasteiger partial charge in [-0.05, 0) is 41.2 Å².